The van der Waals surface area contributed by atoms with E-state index in [1.165, 1.54) is 0 Å². The Balaban J connectivity index is 1.38. The molecule has 3 aromatic rings. The smallest absolute Gasteiger partial charge is 0.227 e. The third-order valence-electron chi connectivity index (χ3n) is 4.96. The van der Waals surface area contributed by atoms with E-state index >= 15 is 0 Å². The van der Waals surface area contributed by atoms with Gasteiger partial charge in [0.05, 0.1) is 12.8 Å². The molecule has 8 heteroatoms. The van der Waals surface area contributed by atoms with Gasteiger partial charge in [-0.3, -0.25) is 9.36 Å². The zero-order chi connectivity index (χ0) is 19.3. The molecule has 8 nitrogen and oxygen atoms in total. The third kappa shape index (κ3) is 3.80. The lowest BCUT2D eigenvalue weighted by molar-refractivity contribution is -0.120. The number of nitrogens with zero attached hydrogens (tertiary/aromatic N) is 5. The van der Waals surface area contributed by atoms with E-state index in [1.807, 2.05) is 41.1 Å². The Morgan fingerprint density at radius 3 is 2.71 bits per heavy atom. The normalized spacial score (nSPS) is 14.7. The van der Waals surface area contributed by atoms with Gasteiger partial charge in [-0.2, -0.15) is 0 Å². The number of aromatic nitrogens is 4. The minimum Gasteiger partial charge on any atom is -0.495 e. The van der Waals surface area contributed by atoms with Crippen LogP contribution in [0.5, 0.6) is 5.75 Å². The molecule has 1 aliphatic heterocycles. The number of benzene rings is 1. The summed E-state index contributed by atoms with van der Waals surface area (Å²) in [5.74, 6) is 2.31. The van der Waals surface area contributed by atoms with E-state index in [-0.39, 0.29) is 11.8 Å². The number of rotatable bonds is 5. The van der Waals surface area contributed by atoms with Crippen LogP contribution in [0.1, 0.15) is 12.8 Å². The Hall–Kier alpha value is -3.42. The average molecular weight is 378 g/mol. The number of hydrogen-bond acceptors (Lipinski definition) is 6. The molecular weight excluding hydrogens is 356 g/mol. The maximum atomic E-state index is 12.7. The Kier molecular flexibility index (Phi) is 5.18. The molecule has 144 valence electrons. The molecule has 0 bridgehead atoms. The molecule has 28 heavy (non-hydrogen) atoms. The molecule has 0 aliphatic carbocycles. The highest BCUT2D eigenvalue weighted by Crippen LogP contribution is 2.27. The third-order valence-corrected chi connectivity index (χ3v) is 4.96. The van der Waals surface area contributed by atoms with Crippen LogP contribution in [-0.4, -0.2) is 45.6 Å². The standard InChI is InChI=1S/C20H22N6O2/c1-28-17-5-3-2-4-16(17)24-20(27)15-6-9-25(10-7-15)18-12-19(23-13-22-18)26-11-8-21-14-26/h2-5,8,11-15H,6-7,9-10H2,1H3,(H,24,27). The summed E-state index contributed by atoms with van der Waals surface area (Å²) in [6, 6.07) is 9.40. The number of imidazole rings is 1. The quantitative estimate of drug-likeness (QED) is 0.734. The maximum Gasteiger partial charge on any atom is 0.227 e. The van der Waals surface area contributed by atoms with Crippen molar-refractivity contribution >= 4 is 17.4 Å². The first-order valence-corrected chi connectivity index (χ1v) is 9.24. The number of piperidine rings is 1. The Morgan fingerprint density at radius 1 is 1.18 bits per heavy atom. The number of amides is 1. The largest absolute Gasteiger partial charge is 0.495 e. The lowest BCUT2D eigenvalue weighted by Gasteiger charge is -2.32. The van der Waals surface area contributed by atoms with Gasteiger partial charge in [0.25, 0.3) is 0 Å². The summed E-state index contributed by atoms with van der Waals surface area (Å²) in [5.41, 5.74) is 0.707. The fourth-order valence-corrected chi connectivity index (χ4v) is 3.40. The zero-order valence-corrected chi connectivity index (χ0v) is 15.7. The fraction of sp³-hybridized carbons (Fsp3) is 0.300. The number of nitrogens with one attached hydrogen (secondary N) is 1. The van der Waals surface area contributed by atoms with E-state index < -0.39 is 0 Å². The summed E-state index contributed by atoms with van der Waals surface area (Å²) in [7, 11) is 1.60. The number of carbonyl (C=O) groups excluding carboxylic acids is 1. The molecule has 0 spiro atoms. The molecule has 0 unspecified atom stereocenters. The predicted octanol–water partition coefficient (Wildman–Crippen LogP) is 2.53. The summed E-state index contributed by atoms with van der Waals surface area (Å²) < 4.78 is 7.15. The minimum absolute atomic E-state index is 0.0314. The number of methoxy groups -OCH3 is 1. The van der Waals surface area contributed by atoms with E-state index in [4.69, 9.17) is 4.74 Å². The van der Waals surface area contributed by atoms with Crippen molar-refractivity contribution in [2.24, 2.45) is 5.92 Å². The molecule has 0 saturated carbocycles. The van der Waals surface area contributed by atoms with Gasteiger partial charge < -0.3 is 15.0 Å². The Labute approximate surface area is 163 Å². The highest BCUT2D eigenvalue weighted by Gasteiger charge is 2.26. The molecule has 4 rings (SSSR count). The number of carbonyl (C=O) groups is 1. The highest BCUT2D eigenvalue weighted by molar-refractivity contribution is 5.94. The van der Waals surface area contributed by atoms with Crippen molar-refractivity contribution in [1.29, 1.82) is 0 Å². The average Bonchev–Trinajstić information content (AvgIpc) is 3.29. The van der Waals surface area contributed by atoms with Crippen molar-refractivity contribution < 1.29 is 9.53 Å². The van der Waals surface area contributed by atoms with Crippen LogP contribution < -0.4 is 15.0 Å². The van der Waals surface area contributed by atoms with Crippen LogP contribution in [0.15, 0.2) is 55.4 Å². The van der Waals surface area contributed by atoms with E-state index in [0.29, 0.717) is 11.4 Å². The summed E-state index contributed by atoms with van der Waals surface area (Å²) >= 11 is 0. The molecule has 2 aromatic heterocycles. The molecule has 1 fully saturated rings. The molecule has 1 amide bonds. The van der Waals surface area contributed by atoms with E-state index in [1.54, 1.807) is 26.0 Å². The molecule has 0 atom stereocenters. The van der Waals surface area contributed by atoms with Gasteiger partial charge in [-0.1, -0.05) is 12.1 Å². The Bertz CT molecular complexity index is 935. The van der Waals surface area contributed by atoms with Crippen LogP contribution in [0.4, 0.5) is 11.5 Å². The van der Waals surface area contributed by atoms with Gasteiger partial charge in [0, 0.05) is 37.5 Å². The van der Waals surface area contributed by atoms with Crippen LogP contribution in [-0.2, 0) is 4.79 Å². The first-order chi connectivity index (χ1) is 13.7. The van der Waals surface area contributed by atoms with E-state index in [9.17, 15) is 4.79 Å². The van der Waals surface area contributed by atoms with Crippen LogP contribution in [0, 0.1) is 5.92 Å². The SMILES string of the molecule is COc1ccccc1NC(=O)C1CCN(c2cc(-n3ccnc3)ncn2)CC1. The van der Waals surface area contributed by atoms with Gasteiger partial charge in [-0.15, -0.1) is 0 Å². The fourth-order valence-electron chi connectivity index (χ4n) is 3.40. The molecular formula is C20H22N6O2. The lowest BCUT2D eigenvalue weighted by atomic mass is 9.95. The molecule has 1 aliphatic rings. The first kappa shape index (κ1) is 18.0. The topological polar surface area (TPSA) is 85.2 Å². The van der Waals surface area contributed by atoms with Crippen molar-refractivity contribution in [3.63, 3.8) is 0 Å². The lowest BCUT2D eigenvalue weighted by Crippen LogP contribution is -2.38. The summed E-state index contributed by atoms with van der Waals surface area (Å²) in [4.78, 5) is 27.6. The number of hydrogen-bond donors (Lipinski definition) is 1. The molecule has 3 heterocycles. The van der Waals surface area contributed by atoms with Gasteiger partial charge in [-0.25, -0.2) is 15.0 Å². The summed E-state index contributed by atoms with van der Waals surface area (Å²) in [6.45, 7) is 1.54. The van der Waals surface area contributed by atoms with Gasteiger partial charge in [-0.05, 0) is 25.0 Å². The summed E-state index contributed by atoms with van der Waals surface area (Å²) in [6.07, 6.45) is 8.37. The van der Waals surface area contributed by atoms with Crippen LogP contribution in [0.3, 0.4) is 0 Å². The molecule has 1 aromatic carbocycles. The van der Waals surface area contributed by atoms with Gasteiger partial charge in [0.1, 0.15) is 30.0 Å². The van der Waals surface area contributed by atoms with Crippen molar-refractivity contribution in [3.8, 4) is 11.6 Å². The second-order valence-corrected chi connectivity index (χ2v) is 6.66. The van der Waals surface area contributed by atoms with Gasteiger partial charge in [0.2, 0.25) is 5.91 Å². The first-order valence-electron chi connectivity index (χ1n) is 9.24. The predicted molar refractivity (Wildman–Crippen MR) is 106 cm³/mol. The highest BCUT2D eigenvalue weighted by atomic mass is 16.5. The van der Waals surface area contributed by atoms with Gasteiger partial charge >= 0.3 is 0 Å². The molecule has 1 N–H and O–H groups in total. The van der Waals surface area contributed by atoms with Crippen molar-refractivity contribution in [2.45, 2.75) is 12.8 Å². The molecule has 1 saturated heterocycles. The van der Waals surface area contributed by atoms with Gasteiger partial charge in [0.15, 0.2) is 0 Å². The molecule has 0 radical (unpaired) electrons. The number of para-hydroxylation sites is 2. The van der Waals surface area contributed by atoms with Crippen molar-refractivity contribution in [1.82, 2.24) is 19.5 Å². The summed E-state index contributed by atoms with van der Waals surface area (Å²) in [5, 5.41) is 3.00. The van der Waals surface area contributed by atoms with E-state index in [2.05, 4.69) is 25.2 Å². The van der Waals surface area contributed by atoms with Crippen LogP contribution >= 0.6 is 0 Å². The second kappa shape index (κ2) is 8.08. The van der Waals surface area contributed by atoms with E-state index in [0.717, 1.165) is 37.6 Å². The minimum atomic E-state index is -0.0314. The number of anilines is 2. The monoisotopic (exact) mass is 378 g/mol. The van der Waals surface area contributed by atoms with Crippen molar-refractivity contribution in [2.75, 3.05) is 30.4 Å². The van der Waals surface area contributed by atoms with Crippen LogP contribution in [0.25, 0.3) is 5.82 Å². The van der Waals surface area contributed by atoms with Crippen LogP contribution in [0.2, 0.25) is 0 Å². The zero-order valence-electron chi connectivity index (χ0n) is 15.7. The van der Waals surface area contributed by atoms with Crippen molar-refractivity contribution in [3.05, 3.63) is 55.4 Å². The number of ether oxygens (including phenoxy) is 1. The maximum absolute atomic E-state index is 12.7. The second-order valence-electron chi connectivity index (χ2n) is 6.66. The Morgan fingerprint density at radius 2 is 1.96 bits per heavy atom.